The van der Waals surface area contributed by atoms with Crippen molar-refractivity contribution in [1.82, 2.24) is 4.90 Å². The standard InChI is InChI=1S/C17H22ClNO5/c1-3-4-7-24-15-13(18)8-12(9-14(15)23-2)16(20)19-6-5-11(10-19)17(21)22/h8-9,11H,3-7,10H2,1-2H3,(H,21,22). The van der Waals surface area contributed by atoms with Crippen molar-refractivity contribution in [3.8, 4) is 11.5 Å². The number of hydrogen-bond donors (Lipinski definition) is 1. The van der Waals surface area contributed by atoms with Crippen LogP contribution >= 0.6 is 11.6 Å². The van der Waals surface area contributed by atoms with Crippen molar-refractivity contribution < 1.29 is 24.2 Å². The molecule has 0 bridgehead atoms. The van der Waals surface area contributed by atoms with E-state index in [2.05, 4.69) is 6.92 Å². The smallest absolute Gasteiger partial charge is 0.308 e. The van der Waals surface area contributed by atoms with Crippen LogP contribution in [0.4, 0.5) is 0 Å². The number of carboxylic acid groups (broad SMARTS) is 1. The first-order valence-corrected chi connectivity index (χ1v) is 8.38. The molecule has 1 aliphatic heterocycles. The lowest BCUT2D eigenvalue weighted by Gasteiger charge is -2.18. The van der Waals surface area contributed by atoms with Crippen LogP contribution in [0.2, 0.25) is 5.02 Å². The van der Waals surface area contributed by atoms with Gasteiger partial charge in [0.05, 0.1) is 24.7 Å². The van der Waals surface area contributed by atoms with E-state index in [0.29, 0.717) is 41.7 Å². The zero-order valence-corrected chi connectivity index (χ0v) is 14.6. The summed E-state index contributed by atoms with van der Waals surface area (Å²) >= 11 is 6.25. The highest BCUT2D eigenvalue weighted by Crippen LogP contribution is 2.37. The third-order valence-corrected chi connectivity index (χ3v) is 4.33. The molecule has 0 spiro atoms. The molecular weight excluding hydrogens is 334 g/mol. The van der Waals surface area contributed by atoms with Gasteiger partial charge in [-0.1, -0.05) is 24.9 Å². The second-order valence-electron chi connectivity index (χ2n) is 5.77. The van der Waals surface area contributed by atoms with Gasteiger partial charge in [-0.3, -0.25) is 9.59 Å². The summed E-state index contributed by atoms with van der Waals surface area (Å²) in [7, 11) is 1.49. The van der Waals surface area contributed by atoms with Gasteiger partial charge in [-0.25, -0.2) is 0 Å². The molecule has 132 valence electrons. The third kappa shape index (κ3) is 4.12. The number of ether oxygens (including phenoxy) is 2. The van der Waals surface area contributed by atoms with E-state index in [1.165, 1.54) is 12.0 Å². The maximum Gasteiger partial charge on any atom is 0.308 e. The van der Waals surface area contributed by atoms with Crippen LogP contribution in [0, 0.1) is 5.92 Å². The van der Waals surface area contributed by atoms with Crippen LogP contribution in [0.15, 0.2) is 12.1 Å². The maximum absolute atomic E-state index is 12.6. The molecular formula is C17H22ClNO5. The minimum absolute atomic E-state index is 0.211. The Hall–Kier alpha value is -1.95. The van der Waals surface area contributed by atoms with Crippen LogP contribution in [0.1, 0.15) is 36.5 Å². The molecule has 1 atom stereocenters. The summed E-state index contributed by atoms with van der Waals surface area (Å²) < 4.78 is 10.9. The Labute approximate surface area is 146 Å². The summed E-state index contributed by atoms with van der Waals surface area (Å²) in [6.45, 7) is 3.21. The first kappa shape index (κ1) is 18.4. The van der Waals surface area contributed by atoms with Gasteiger partial charge < -0.3 is 19.5 Å². The molecule has 7 heteroatoms. The average Bonchev–Trinajstić information content (AvgIpc) is 3.05. The Bertz CT molecular complexity index is 619. The largest absolute Gasteiger partial charge is 0.493 e. The Kier molecular flexibility index (Phi) is 6.31. The molecule has 0 saturated carbocycles. The van der Waals surface area contributed by atoms with Crippen LogP contribution in [0.25, 0.3) is 0 Å². The number of aliphatic carboxylic acids is 1. The molecule has 1 N–H and O–H groups in total. The van der Waals surface area contributed by atoms with Gasteiger partial charge in [-0.05, 0) is 25.0 Å². The van der Waals surface area contributed by atoms with Crippen LogP contribution in [0.5, 0.6) is 11.5 Å². The summed E-state index contributed by atoms with van der Waals surface area (Å²) in [6.07, 6.45) is 2.35. The fourth-order valence-electron chi connectivity index (χ4n) is 2.63. The van der Waals surface area contributed by atoms with Gasteiger partial charge in [0.25, 0.3) is 5.91 Å². The molecule has 1 aliphatic rings. The first-order chi connectivity index (χ1) is 11.5. The van der Waals surface area contributed by atoms with Gasteiger partial charge in [0, 0.05) is 18.7 Å². The number of rotatable bonds is 7. The zero-order valence-electron chi connectivity index (χ0n) is 13.9. The van der Waals surface area contributed by atoms with E-state index in [1.807, 2.05) is 0 Å². The number of unbranched alkanes of at least 4 members (excludes halogenated alkanes) is 1. The molecule has 24 heavy (non-hydrogen) atoms. The molecule has 1 fully saturated rings. The van der Waals surface area contributed by atoms with Gasteiger partial charge in [0.15, 0.2) is 11.5 Å². The summed E-state index contributed by atoms with van der Waals surface area (Å²) in [5.41, 5.74) is 0.366. The SMILES string of the molecule is CCCCOc1c(Cl)cc(C(=O)N2CCC(C(=O)O)C2)cc1OC. The quantitative estimate of drug-likeness (QED) is 0.761. The third-order valence-electron chi connectivity index (χ3n) is 4.05. The minimum Gasteiger partial charge on any atom is -0.493 e. The molecule has 1 heterocycles. The van der Waals surface area contributed by atoms with Crippen LogP contribution < -0.4 is 9.47 Å². The fraction of sp³-hybridized carbons (Fsp3) is 0.529. The van der Waals surface area contributed by atoms with Crippen LogP contribution in [-0.2, 0) is 4.79 Å². The fourth-order valence-corrected chi connectivity index (χ4v) is 2.90. The number of halogens is 1. The van der Waals surface area contributed by atoms with E-state index >= 15 is 0 Å². The Morgan fingerprint density at radius 2 is 2.17 bits per heavy atom. The van der Waals surface area contributed by atoms with Crippen molar-refractivity contribution in [2.24, 2.45) is 5.92 Å². The number of likely N-dealkylation sites (tertiary alicyclic amines) is 1. The number of carbonyl (C=O) groups excluding carboxylic acids is 1. The number of carbonyl (C=O) groups is 2. The van der Waals surface area contributed by atoms with Gasteiger partial charge in [0.1, 0.15) is 0 Å². The van der Waals surface area contributed by atoms with Gasteiger partial charge in [-0.15, -0.1) is 0 Å². The minimum atomic E-state index is -0.874. The second kappa shape index (κ2) is 8.24. The molecule has 0 radical (unpaired) electrons. The van der Waals surface area contributed by atoms with E-state index in [-0.39, 0.29) is 12.5 Å². The number of amides is 1. The first-order valence-electron chi connectivity index (χ1n) is 8.00. The van der Waals surface area contributed by atoms with E-state index in [0.717, 1.165) is 12.8 Å². The molecule has 6 nitrogen and oxygen atoms in total. The zero-order chi connectivity index (χ0) is 17.7. The monoisotopic (exact) mass is 355 g/mol. The normalized spacial score (nSPS) is 17.0. The summed E-state index contributed by atoms with van der Waals surface area (Å²) in [5.74, 6) is -0.812. The van der Waals surface area contributed by atoms with Gasteiger partial charge in [0.2, 0.25) is 0 Å². The highest BCUT2D eigenvalue weighted by Gasteiger charge is 2.31. The number of benzene rings is 1. The van der Waals surface area contributed by atoms with Crippen molar-refractivity contribution in [2.75, 3.05) is 26.8 Å². The highest BCUT2D eigenvalue weighted by atomic mass is 35.5. The second-order valence-corrected chi connectivity index (χ2v) is 6.17. The van der Waals surface area contributed by atoms with Gasteiger partial charge >= 0.3 is 5.97 Å². The topological polar surface area (TPSA) is 76.1 Å². The molecule has 1 aromatic carbocycles. The van der Waals surface area contributed by atoms with Crippen molar-refractivity contribution in [3.05, 3.63) is 22.7 Å². The van der Waals surface area contributed by atoms with Crippen molar-refractivity contribution in [2.45, 2.75) is 26.2 Å². The molecule has 0 aromatic heterocycles. The Balaban J connectivity index is 2.17. The molecule has 1 saturated heterocycles. The highest BCUT2D eigenvalue weighted by molar-refractivity contribution is 6.32. The molecule has 1 aromatic rings. The Morgan fingerprint density at radius 3 is 2.75 bits per heavy atom. The van der Waals surface area contributed by atoms with Crippen LogP contribution in [0.3, 0.4) is 0 Å². The lowest BCUT2D eigenvalue weighted by molar-refractivity contribution is -0.141. The predicted molar refractivity (Wildman–Crippen MR) is 90.1 cm³/mol. The number of methoxy groups -OCH3 is 1. The van der Waals surface area contributed by atoms with Crippen molar-refractivity contribution in [3.63, 3.8) is 0 Å². The van der Waals surface area contributed by atoms with Gasteiger partial charge in [-0.2, -0.15) is 0 Å². The van der Waals surface area contributed by atoms with E-state index in [4.69, 9.17) is 26.2 Å². The maximum atomic E-state index is 12.6. The van der Waals surface area contributed by atoms with Crippen LogP contribution in [-0.4, -0.2) is 48.7 Å². The summed E-state index contributed by atoms with van der Waals surface area (Å²) in [4.78, 5) is 25.1. The Morgan fingerprint density at radius 1 is 1.42 bits per heavy atom. The lowest BCUT2D eigenvalue weighted by atomic mass is 10.1. The molecule has 0 aliphatic carbocycles. The lowest BCUT2D eigenvalue weighted by Crippen LogP contribution is -2.30. The molecule has 1 amide bonds. The van der Waals surface area contributed by atoms with E-state index in [9.17, 15) is 9.59 Å². The summed E-state index contributed by atoms with van der Waals surface area (Å²) in [6, 6.07) is 3.13. The van der Waals surface area contributed by atoms with Crippen molar-refractivity contribution in [1.29, 1.82) is 0 Å². The van der Waals surface area contributed by atoms with Crippen molar-refractivity contribution >= 4 is 23.5 Å². The average molecular weight is 356 g/mol. The molecule has 1 unspecified atom stereocenters. The van der Waals surface area contributed by atoms with E-state index < -0.39 is 11.9 Å². The van der Waals surface area contributed by atoms with E-state index in [1.54, 1.807) is 12.1 Å². The number of carboxylic acids is 1. The molecule has 2 rings (SSSR count). The summed E-state index contributed by atoms with van der Waals surface area (Å²) in [5, 5.41) is 9.36. The number of hydrogen-bond acceptors (Lipinski definition) is 4. The predicted octanol–water partition coefficient (Wildman–Crippen LogP) is 3.07. The number of nitrogens with zero attached hydrogens (tertiary/aromatic N) is 1.